The van der Waals surface area contributed by atoms with E-state index in [-0.39, 0.29) is 29.4 Å². The number of aliphatic hydroxyl groups is 2. The summed E-state index contributed by atoms with van der Waals surface area (Å²) in [4.78, 5) is 36.7. The first-order chi connectivity index (χ1) is 18.2. The Hall–Kier alpha value is -3.81. The Kier molecular flexibility index (Phi) is 8.39. The molecule has 1 saturated heterocycles. The average molecular weight is 528 g/mol. The second-order valence-corrected chi connectivity index (χ2v) is 9.42. The van der Waals surface area contributed by atoms with E-state index < -0.39 is 30.4 Å². The van der Waals surface area contributed by atoms with Crippen LogP contribution in [-0.4, -0.2) is 79.6 Å². The van der Waals surface area contributed by atoms with E-state index in [1.54, 1.807) is 13.8 Å². The molecule has 4 atom stereocenters. The van der Waals surface area contributed by atoms with Gasteiger partial charge in [-0.25, -0.2) is 4.98 Å². The first kappa shape index (κ1) is 27.2. The molecule has 0 saturated carbocycles. The van der Waals surface area contributed by atoms with E-state index in [0.717, 1.165) is 11.1 Å². The fourth-order valence-electron chi connectivity index (χ4n) is 4.22. The number of hydrogen-bond acceptors (Lipinski definition) is 11. The molecule has 2 aromatic heterocycles. The molecule has 4 rings (SSSR count). The Morgan fingerprint density at radius 2 is 1.82 bits per heavy atom. The van der Waals surface area contributed by atoms with Crippen LogP contribution in [0.25, 0.3) is 11.2 Å². The summed E-state index contributed by atoms with van der Waals surface area (Å²) in [6.45, 7) is 4.08. The zero-order valence-corrected chi connectivity index (χ0v) is 21.5. The van der Waals surface area contributed by atoms with Crippen LogP contribution < -0.4 is 16.4 Å². The van der Waals surface area contributed by atoms with Gasteiger partial charge in [0.05, 0.1) is 13.4 Å². The van der Waals surface area contributed by atoms with E-state index >= 15 is 0 Å². The molecule has 0 bridgehead atoms. The Morgan fingerprint density at radius 3 is 2.47 bits per heavy atom. The quantitative estimate of drug-likeness (QED) is 0.228. The van der Waals surface area contributed by atoms with Gasteiger partial charge >= 0.3 is 5.97 Å². The van der Waals surface area contributed by atoms with E-state index in [2.05, 4.69) is 30.3 Å². The molecule has 1 aliphatic rings. The molecule has 3 aromatic rings. The SMILES string of the molecule is COC(=O)CCc1ccc(CCNc2nc(N)c3ncn([C@@H]4O[C@H](C(=O)NC(C)C)[C@@H](O)[C@H]4O)c3n2)cc1. The Balaban J connectivity index is 1.43. The molecule has 1 aromatic carbocycles. The average Bonchev–Trinajstić information content (AvgIpc) is 3.44. The van der Waals surface area contributed by atoms with Crippen molar-refractivity contribution in [3.63, 3.8) is 0 Å². The predicted molar refractivity (Wildman–Crippen MR) is 138 cm³/mol. The fraction of sp³-hybridized carbons (Fsp3) is 0.480. The van der Waals surface area contributed by atoms with Crippen LogP contribution in [0.1, 0.15) is 37.6 Å². The zero-order chi connectivity index (χ0) is 27.4. The number of nitrogens with two attached hydrogens (primary N) is 1. The number of benzene rings is 1. The van der Waals surface area contributed by atoms with Gasteiger partial charge in [-0.15, -0.1) is 0 Å². The number of nitrogens with one attached hydrogen (secondary N) is 2. The number of anilines is 2. The number of esters is 1. The van der Waals surface area contributed by atoms with Crippen LogP contribution in [0.3, 0.4) is 0 Å². The standard InChI is InChI=1S/C25H33N7O6/c1-13(2)29-23(36)20-18(34)19(35)24(38-20)32-12-28-17-21(26)30-25(31-22(17)32)27-11-10-15-6-4-14(5-7-15)8-9-16(33)37-3/h4-7,12-13,18-20,24,34-35H,8-11H2,1-3H3,(H,29,36)(H3,26,27,30,31)/t18-,19+,20-,24+/m0/s1. The van der Waals surface area contributed by atoms with E-state index in [0.29, 0.717) is 31.3 Å². The molecule has 1 aliphatic heterocycles. The van der Waals surface area contributed by atoms with Crippen molar-refractivity contribution in [2.75, 3.05) is 24.7 Å². The summed E-state index contributed by atoms with van der Waals surface area (Å²) in [7, 11) is 1.38. The van der Waals surface area contributed by atoms with Crippen LogP contribution in [0, 0.1) is 0 Å². The lowest BCUT2D eigenvalue weighted by Gasteiger charge is -2.17. The number of ether oxygens (including phenoxy) is 2. The number of carbonyl (C=O) groups excluding carboxylic acids is 2. The number of imidazole rings is 1. The Labute approximate surface area is 219 Å². The predicted octanol–water partition coefficient (Wildman–Crippen LogP) is 0.313. The van der Waals surface area contributed by atoms with Crippen LogP contribution in [0.2, 0.25) is 0 Å². The van der Waals surface area contributed by atoms with Crippen molar-refractivity contribution < 1.29 is 29.3 Å². The third kappa shape index (κ3) is 6.01. The largest absolute Gasteiger partial charge is 0.469 e. The summed E-state index contributed by atoms with van der Waals surface area (Å²) in [6, 6.07) is 7.80. The minimum atomic E-state index is -1.43. The fourth-order valence-corrected chi connectivity index (χ4v) is 4.22. The first-order valence-electron chi connectivity index (χ1n) is 12.4. The molecule has 38 heavy (non-hydrogen) atoms. The number of hydrogen-bond donors (Lipinski definition) is 5. The van der Waals surface area contributed by atoms with Gasteiger partial charge in [-0.2, -0.15) is 9.97 Å². The van der Waals surface area contributed by atoms with Gasteiger partial charge in [-0.3, -0.25) is 14.2 Å². The minimum absolute atomic E-state index is 0.133. The Bertz CT molecular complexity index is 1280. The lowest BCUT2D eigenvalue weighted by Crippen LogP contribution is -2.45. The van der Waals surface area contributed by atoms with Gasteiger partial charge in [0.2, 0.25) is 5.95 Å². The number of aliphatic hydroxyl groups excluding tert-OH is 2. The highest BCUT2D eigenvalue weighted by molar-refractivity contribution is 5.84. The monoisotopic (exact) mass is 527 g/mol. The zero-order valence-electron chi connectivity index (χ0n) is 21.5. The minimum Gasteiger partial charge on any atom is -0.469 e. The molecular weight excluding hydrogens is 494 g/mol. The second-order valence-electron chi connectivity index (χ2n) is 9.42. The molecule has 0 unspecified atom stereocenters. The number of carbonyl (C=O) groups is 2. The van der Waals surface area contributed by atoms with E-state index in [1.165, 1.54) is 18.0 Å². The van der Waals surface area contributed by atoms with Crippen LogP contribution in [0.15, 0.2) is 30.6 Å². The first-order valence-corrected chi connectivity index (χ1v) is 12.4. The number of aryl methyl sites for hydroxylation is 1. The highest BCUT2D eigenvalue weighted by Crippen LogP contribution is 2.32. The topological polar surface area (TPSA) is 187 Å². The molecule has 0 radical (unpaired) electrons. The van der Waals surface area contributed by atoms with Crippen molar-refractivity contribution in [1.82, 2.24) is 24.8 Å². The molecule has 1 amide bonds. The summed E-state index contributed by atoms with van der Waals surface area (Å²) in [5.74, 6) is -0.370. The maximum Gasteiger partial charge on any atom is 0.305 e. The van der Waals surface area contributed by atoms with Crippen LogP contribution in [0.4, 0.5) is 11.8 Å². The van der Waals surface area contributed by atoms with E-state index in [4.69, 9.17) is 10.5 Å². The van der Waals surface area contributed by atoms with Gasteiger partial charge in [0.1, 0.15) is 17.7 Å². The number of fused-ring (bicyclic) bond motifs is 1. The number of methoxy groups -OCH3 is 1. The van der Waals surface area contributed by atoms with Crippen LogP contribution in [0.5, 0.6) is 0 Å². The van der Waals surface area contributed by atoms with Gasteiger partial charge in [0, 0.05) is 19.0 Å². The molecule has 204 valence electrons. The third-order valence-corrected chi connectivity index (χ3v) is 6.22. The van der Waals surface area contributed by atoms with E-state index in [9.17, 15) is 19.8 Å². The van der Waals surface area contributed by atoms with Gasteiger partial charge < -0.3 is 36.1 Å². The van der Waals surface area contributed by atoms with Crippen molar-refractivity contribution in [3.8, 4) is 0 Å². The van der Waals surface area contributed by atoms with Crippen molar-refractivity contribution in [2.24, 2.45) is 0 Å². The number of nitrogens with zero attached hydrogens (tertiary/aromatic N) is 4. The molecule has 0 aliphatic carbocycles. The number of aromatic nitrogens is 4. The van der Waals surface area contributed by atoms with Gasteiger partial charge in [0.15, 0.2) is 23.8 Å². The van der Waals surface area contributed by atoms with Crippen molar-refractivity contribution >= 4 is 34.8 Å². The molecule has 13 heteroatoms. The number of nitrogen functional groups attached to an aromatic ring is 1. The molecular formula is C25H33N7O6. The van der Waals surface area contributed by atoms with Crippen LogP contribution >= 0.6 is 0 Å². The van der Waals surface area contributed by atoms with Crippen molar-refractivity contribution in [1.29, 1.82) is 0 Å². The van der Waals surface area contributed by atoms with Gasteiger partial charge in [-0.1, -0.05) is 24.3 Å². The summed E-state index contributed by atoms with van der Waals surface area (Å²) in [6.07, 6.45) is -2.16. The Morgan fingerprint density at radius 1 is 1.13 bits per heavy atom. The summed E-state index contributed by atoms with van der Waals surface area (Å²) >= 11 is 0. The lowest BCUT2D eigenvalue weighted by molar-refractivity contribution is -0.140. The molecule has 1 fully saturated rings. The summed E-state index contributed by atoms with van der Waals surface area (Å²) in [5.41, 5.74) is 8.83. The molecule has 13 nitrogen and oxygen atoms in total. The number of rotatable bonds is 10. The highest BCUT2D eigenvalue weighted by Gasteiger charge is 2.47. The van der Waals surface area contributed by atoms with E-state index in [1.807, 2.05) is 24.3 Å². The molecule has 0 spiro atoms. The lowest BCUT2D eigenvalue weighted by atomic mass is 10.1. The van der Waals surface area contributed by atoms with Gasteiger partial charge in [0.25, 0.3) is 5.91 Å². The summed E-state index contributed by atoms with van der Waals surface area (Å²) in [5, 5.41) is 26.9. The molecule has 6 N–H and O–H groups in total. The molecule has 3 heterocycles. The maximum atomic E-state index is 12.4. The van der Waals surface area contributed by atoms with Crippen LogP contribution in [-0.2, 0) is 31.9 Å². The smallest absolute Gasteiger partial charge is 0.305 e. The highest BCUT2D eigenvalue weighted by atomic mass is 16.6. The van der Waals surface area contributed by atoms with Crippen molar-refractivity contribution in [3.05, 3.63) is 41.7 Å². The summed E-state index contributed by atoms with van der Waals surface area (Å²) < 4.78 is 11.8. The third-order valence-electron chi connectivity index (χ3n) is 6.22. The maximum absolute atomic E-state index is 12.4. The van der Waals surface area contributed by atoms with Gasteiger partial charge in [-0.05, 0) is 37.8 Å². The second kappa shape index (κ2) is 11.7. The van der Waals surface area contributed by atoms with Crippen molar-refractivity contribution in [2.45, 2.75) is 63.7 Å². The normalized spacial score (nSPS) is 21.1. The number of amides is 1.